The van der Waals surface area contributed by atoms with Crippen LogP contribution in [0.2, 0.25) is 0 Å². The van der Waals surface area contributed by atoms with Gasteiger partial charge in [0.1, 0.15) is 0 Å². The zero-order valence-corrected chi connectivity index (χ0v) is 14.2. The highest BCUT2D eigenvalue weighted by Gasteiger charge is 2.61. The molecule has 1 spiro atoms. The molecule has 0 N–H and O–H groups in total. The lowest BCUT2D eigenvalue weighted by Crippen LogP contribution is -2.54. The number of hydrogen-bond acceptors (Lipinski definition) is 1. The first-order chi connectivity index (χ1) is 7.97. The Hall–Kier alpha value is 0.180. The second kappa shape index (κ2) is 3.85. The molecule has 0 aromatic carbocycles. The second-order valence-electron chi connectivity index (χ2n) is 8.13. The Bertz CT molecular complexity index is 369. The minimum absolute atomic E-state index is 0.215. The van der Waals surface area contributed by atoms with Crippen molar-refractivity contribution in [2.45, 2.75) is 82.4 Å². The van der Waals surface area contributed by atoms with Gasteiger partial charge in [0.25, 0.3) is 0 Å². The molecule has 1 saturated heterocycles. The fourth-order valence-corrected chi connectivity index (χ4v) is 6.70. The van der Waals surface area contributed by atoms with Crippen molar-refractivity contribution in [3.63, 3.8) is 0 Å². The van der Waals surface area contributed by atoms with Crippen LogP contribution in [0, 0.1) is 5.41 Å². The lowest BCUT2D eigenvalue weighted by molar-refractivity contribution is 0.0386. The standard InChI is InChI=1S/C16H31NS/c1-13(2)9-11-16(12-10-13)17(7)14(3,4)15(5,6)18(16)8/h8-12H2,1-7H3. The zero-order valence-electron chi connectivity index (χ0n) is 13.4. The molecule has 2 heteroatoms. The Labute approximate surface area is 116 Å². The lowest BCUT2D eigenvalue weighted by Gasteiger charge is -2.48. The summed E-state index contributed by atoms with van der Waals surface area (Å²) in [5.74, 6) is 4.65. The van der Waals surface area contributed by atoms with Crippen LogP contribution in [0.25, 0.3) is 0 Å². The molecule has 0 bridgehead atoms. The summed E-state index contributed by atoms with van der Waals surface area (Å²) in [7, 11) is 2.56. The van der Waals surface area contributed by atoms with Crippen LogP contribution in [0.5, 0.6) is 0 Å². The van der Waals surface area contributed by atoms with Crippen molar-refractivity contribution in [2.75, 3.05) is 7.05 Å². The molecule has 2 fully saturated rings. The van der Waals surface area contributed by atoms with Gasteiger partial charge in [0.2, 0.25) is 0 Å². The van der Waals surface area contributed by atoms with E-state index in [2.05, 4.69) is 59.4 Å². The largest absolute Gasteiger partial charge is 0.286 e. The van der Waals surface area contributed by atoms with Gasteiger partial charge >= 0.3 is 0 Å². The van der Waals surface area contributed by atoms with E-state index < -0.39 is 0 Å². The van der Waals surface area contributed by atoms with Crippen molar-refractivity contribution >= 4 is 16.4 Å². The van der Waals surface area contributed by atoms with E-state index in [9.17, 15) is 0 Å². The maximum atomic E-state index is 4.65. The van der Waals surface area contributed by atoms with E-state index in [0.717, 1.165) is 0 Å². The molecule has 1 aliphatic carbocycles. The average molecular weight is 269 g/mol. The van der Waals surface area contributed by atoms with Crippen molar-refractivity contribution in [1.29, 1.82) is 0 Å². The number of nitrogens with zero attached hydrogens (tertiary/aromatic N) is 1. The summed E-state index contributed by atoms with van der Waals surface area (Å²) in [5, 5.41) is 0. The van der Waals surface area contributed by atoms with Crippen LogP contribution in [0.1, 0.15) is 67.2 Å². The second-order valence-corrected chi connectivity index (χ2v) is 10.7. The monoisotopic (exact) mass is 269 g/mol. The molecule has 0 amide bonds. The van der Waals surface area contributed by atoms with Crippen molar-refractivity contribution in [1.82, 2.24) is 4.90 Å². The van der Waals surface area contributed by atoms with E-state index in [-0.39, 0.29) is 16.0 Å². The first-order valence-electron chi connectivity index (χ1n) is 7.26. The van der Waals surface area contributed by atoms with Gasteiger partial charge in [0.05, 0.1) is 4.87 Å². The molecular weight excluding hydrogens is 238 g/mol. The van der Waals surface area contributed by atoms with Gasteiger partial charge in [0, 0.05) is 10.3 Å². The molecule has 1 aliphatic heterocycles. The normalized spacial score (nSPS) is 36.9. The smallest absolute Gasteiger partial charge is 0.0624 e. The van der Waals surface area contributed by atoms with Crippen LogP contribution >= 0.6 is 10.5 Å². The molecule has 0 aromatic heterocycles. The lowest BCUT2D eigenvalue weighted by atomic mass is 9.74. The highest BCUT2D eigenvalue weighted by molar-refractivity contribution is 8.16. The van der Waals surface area contributed by atoms with Crippen LogP contribution in [0.3, 0.4) is 0 Å². The van der Waals surface area contributed by atoms with Gasteiger partial charge in [-0.05, 0) is 65.8 Å². The Morgan fingerprint density at radius 3 is 1.67 bits per heavy atom. The van der Waals surface area contributed by atoms with E-state index in [1.165, 1.54) is 25.7 Å². The van der Waals surface area contributed by atoms with Gasteiger partial charge in [-0.1, -0.05) is 19.7 Å². The Balaban J connectivity index is 2.39. The van der Waals surface area contributed by atoms with E-state index >= 15 is 0 Å². The molecule has 1 atom stereocenters. The third kappa shape index (κ3) is 1.67. The Kier molecular flexibility index (Phi) is 3.12. The third-order valence-corrected chi connectivity index (χ3v) is 9.71. The van der Waals surface area contributed by atoms with E-state index in [4.69, 9.17) is 0 Å². The third-order valence-electron chi connectivity index (χ3n) is 6.38. The first-order valence-corrected chi connectivity index (χ1v) is 8.65. The summed E-state index contributed by atoms with van der Waals surface area (Å²) in [4.78, 5) is 3.05. The molecular formula is C16H31NS. The molecule has 1 heterocycles. The molecule has 18 heavy (non-hydrogen) atoms. The summed E-state index contributed by atoms with van der Waals surface area (Å²) in [6.45, 7) is 14.5. The highest BCUT2D eigenvalue weighted by atomic mass is 32.2. The summed E-state index contributed by atoms with van der Waals surface area (Å²) in [6, 6.07) is 0. The molecule has 106 valence electrons. The summed E-state index contributed by atoms with van der Waals surface area (Å²) < 4.78 is 0.309. The molecule has 2 aliphatic rings. The zero-order chi connectivity index (χ0) is 14.0. The Morgan fingerprint density at radius 2 is 1.33 bits per heavy atom. The molecule has 1 unspecified atom stereocenters. The van der Waals surface area contributed by atoms with Crippen LogP contribution < -0.4 is 0 Å². The van der Waals surface area contributed by atoms with Gasteiger partial charge in [-0.3, -0.25) is 4.90 Å². The van der Waals surface area contributed by atoms with Crippen LogP contribution in [-0.2, 0) is 0 Å². The predicted molar refractivity (Wildman–Crippen MR) is 85.6 cm³/mol. The molecule has 1 nitrogen and oxygen atoms in total. The van der Waals surface area contributed by atoms with E-state index in [1.54, 1.807) is 0 Å². The minimum Gasteiger partial charge on any atom is -0.286 e. The van der Waals surface area contributed by atoms with Crippen LogP contribution in [0.15, 0.2) is 0 Å². The first kappa shape index (κ1) is 14.6. The average Bonchev–Trinajstić information content (AvgIpc) is 2.35. The fraction of sp³-hybridized carbons (Fsp3) is 0.938. The van der Waals surface area contributed by atoms with Crippen molar-refractivity contribution in [3.8, 4) is 0 Å². The van der Waals surface area contributed by atoms with Crippen LogP contribution in [0.4, 0.5) is 0 Å². The number of hydrogen-bond donors (Lipinski definition) is 0. The molecule has 2 rings (SSSR count). The van der Waals surface area contributed by atoms with Gasteiger partial charge in [-0.15, -0.1) is 0 Å². The molecule has 1 saturated carbocycles. The molecule has 0 radical (unpaired) electrons. The van der Waals surface area contributed by atoms with Gasteiger partial charge < -0.3 is 0 Å². The van der Waals surface area contributed by atoms with Crippen LogP contribution in [-0.4, -0.2) is 33.0 Å². The minimum atomic E-state index is 0.215. The molecule has 0 aromatic rings. The van der Waals surface area contributed by atoms with Gasteiger partial charge in [-0.25, -0.2) is 0 Å². The topological polar surface area (TPSA) is 3.24 Å². The maximum absolute atomic E-state index is 4.65. The summed E-state index contributed by atoms with van der Waals surface area (Å²) in [6.07, 6.45) is 5.36. The number of rotatable bonds is 0. The highest BCUT2D eigenvalue weighted by Crippen LogP contribution is 2.65. The maximum Gasteiger partial charge on any atom is 0.0624 e. The van der Waals surface area contributed by atoms with Gasteiger partial charge in [-0.2, -0.15) is 10.5 Å². The van der Waals surface area contributed by atoms with E-state index in [0.29, 0.717) is 15.0 Å². The SMILES string of the molecule is C=S1C2(CCC(C)(C)CC2)N(C)C(C)(C)C1(C)C. The summed E-state index contributed by atoms with van der Waals surface area (Å²) >= 11 is 0. The van der Waals surface area contributed by atoms with Crippen molar-refractivity contribution < 1.29 is 0 Å². The summed E-state index contributed by atoms with van der Waals surface area (Å²) in [5.41, 5.74) is 0.784. The van der Waals surface area contributed by atoms with Crippen molar-refractivity contribution in [2.24, 2.45) is 5.41 Å². The van der Waals surface area contributed by atoms with E-state index in [1.807, 2.05) is 0 Å². The van der Waals surface area contributed by atoms with Crippen molar-refractivity contribution in [3.05, 3.63) is 0 Å². The fourth-order valence-electron chi connectivity index (χ4n) is 3.75. The van der Waals surface area contributed by atoms with Gasteiger partial charge in [0.15, 0.2) is 0 Å². The Morgan fingerprint density at radius 1 is 0.889 bits per heavy atom. The quantitative estimate of drug-likeness (QED) is 0.586. The predicted octanol–water partition coefficient (Wildman–Crippen LogP) is 4.49.